The summed E-state index contributed by atoms with van der Waals surface area (Å²) in [5, 5.41) is 20.8. The lowest BCUT2D eigenvalue weighted by Gasteiger charge is -2.43. The summed E-state index contributed by atoms with van der Waals surface area (Å²) in [4.78, 5) is 15.0. The Morgan fingerprint density at radius 3 is 2.59 bits per heavy atom. The van der Waals surface area contributed by atoms with Crippen LogP contribution in [0, 0.1) is 17.2 Å². The van der Waals surface area contributed by atoms with Gasteiger partial charge in [-0.2, -0.15) is 5.10 Å². The van der Waals surface area contributed by atoms with Crippen LogP contribution in [0.1, 0.15) is 50.5 Å². The molecule has 4 atom stereocenters. The van der Waals surface area contributed by atoms with Crippen molar-refractivity contribution < 1.29 is 19.0 Å². The monoisotopic (exact) mass is 444 g/mol. The Bertz CT molecular complexity index is 906. The number of likely N-dealkylation sites (tertiary alicyclic amines) is 1. The molecule has 1 aromatic heterocycles. The number of aromatic nitrogens is 2. The molecule has 1 aliphatic carbocycles. The first-order valence-electron chi connectivity index (χ1n) is 11.4. The number of aliphatic hydroxyl groups excluding tert-OH is 1. The summed E-state index contributed by atoms with van der Waals surface area (Å²) < 4.78 is 20.1. The fraction of sp³-hybridized carbons (Fsp3) is 0.583. The van der Waals surface area contributed by atoms with E-state index in [1.165, 1.54) is 12.3 Å². The molecule has 1 saturated heterocycles. The lowest BCUT2D eigenvalue weighted by molar-refractivity contribution is -0.0115. The van der Waals surface area contributed by atoms with Crippen LogP contribution in [-0.4, -0.2) is 63.5 Å². The van der Waals surface area contributed by atoms with Gasteiger partial charge in [0, 0.05) is 12.6 Å². The summed E-state index contributed by atoms with van der Waals surface area (Å²) in [5.74, 6) is -0.0175. The zero-order valence-corrected chi connectivity index (χ0v) is 18.9. The van der Waals surface area contributed by atoms with Crippen molar-refractivity contribution in [1.82, 2.24) is 20.4 Å². The van der Waals surface area contributed by atoms with E-state index in [1.807, 2.05) is 0 Å². The average Bonchev–Trinajstić information content (AvgIpc) is 3.38. The third kappa shape index (κ3) is 4.81. The average molecular weight is 445 g/mol. The largest absolute Gasteiger partial charge is 0.485 e. The highest BCUT2D eigenvalue weighted by Gasteiger charge is 2.48. The first-order valence-corrected chi connectivity index (χ1v) is 11.4. The van der Waals surface area contributed by atoms with Crippen molar-refractivity contribution in [1.29, 1.82) is 0 Å². The SMILES string of the molecule is CC(C)(C)C1CCN([C@@H]2[C@@H](O)[C@H](Oc3ccccc3F)C[C@H]2NC(=O)c2ccn[nH]2)CC1. The van der Waals surface area contributed by atoms with Gasteiger partial charge in [-0.25, -0.2) is 4.39 Å². The third-order valence-electron chi connectivity index (χ3n) is 6.98. The molecular formula is C24H33FN4O3. The number of H-pyrrole nitrogens is 1. The van der Waals surface area contributed by atoms with Gasteiger partial charge in [-0.1, -0.05) is 32.9 Å². The lowest BCUT2D eigenvalue weighted by atomic mass is 9.75. The number of nitrogens with one attached hydrogen (secondary N) is 2. The second-order valence-electron chi connectivity index (χ2n) is 10.0. The molecule has 2 aromatic rings. The Morgan fingerprint density at radius 2 is 1.97 bits per heavy atom. The Balaban J connectivity index is 1.51. The van der Waals surface area contributed by atoms with Gasteiger partial charge in [0.25, 0.3) is 5.91 Å². The number of para-hydroxylation sites is 1. The fourth-order valence-electron chi connectivity index (χ4n) is 5.12. The van der Waals surface area contributed by atoms with Crippen LogP contribution in [0.2, 0.25) is 0 Å². The smallest absolute Gasteiger partial charge is 0.269 e. The Morgan fingerprint density at radius 1 is 1.25 bits per heavy atom. The van der Waals surface area contributed by atoms with Crippen LogP contribution in [0.25, 0.3) is 0 Å². The predicted molar refractivity (Wildman–Crippen MR) is 119 cm³/mol. The molecule has 32 heavy (non-hydrogen) atoms. The van der Waals surface area contributed by atoms with Gasteiger partial charge in [0.1, 0.15) is 17.9 Å². The van der Waals surface area contributed by atoms with Gasteiger partial charge in [-0.3, -0.25) is 14.8 Å². The molecule has 1 amide bonds. The van der Waals surface area contributed by atoms with Crippen LogP contribution in [0.4, 0.5) is 4.39 Å². The zero-order chi connectivity index (χ0) is 22.9. The molecule has 0 spiro atoms. The highest BCUT2D eigenvalue weighted by Crippen LogP contribution is 2.37. The Kier molecular flexibility index (Phi) is 6.53. The van der Waals surface area contributed by atoms with E-state index in [-0.39, 0.29) is 29.2 Å². The second-order valence-corrected chi connectivity index (χ2v) is 10.0. The van der Waals surface area contributed by atoms with E-state index in [9.17, 15) is 14.3 Å². The molecule has 7 nitrogen and oxygen atoms in total. The maximum Gasteiger partial charge on any atom is 0.269 e. The molecule has 1 saturated carbocycles. The van der Waals surface area contributed by atoms with Crippen LogP contribution in [0.15, 0.2) is 36.5 Å². The van der Waals surface area contributed by atoms with E-state index in [4.69, 9.17) is 4.74 Å². The molecule has 2 heterocycles. The number of benzene rings is 1. The molecule has 3 N–H and O–H groups in total. The molecular weight excluding hydrogens is 411 g/mol. The highest BCUT2D eigenvalue weighted by atomic mass is 19.1. The van der Waals surface area contributed by atoms with Gasteiger partial charge < -0.3 is 15.2 Å². The molecule has 0 radical (unpaired) electrons. The zero-order valence-electron chi connectivity index (χ0n) is 18.9. The van der Waals surface area contributed by atoms with Crippen molar-refractivity contribution in [2.24, 2.45) is 11.3 Å². The van der Waals surface area contributed by atoms with E-state index in [1.54, 1.807) is 24.3 Å². The van der Waals surface area contributed by atoms with E-state index in [2.05, 4.69) is 41.2 Å². The molecule has 0 bridgehead atoms. The van der Waals surface area contributed by atoms with Crippen LogP contribution in [0.5, 0.6) is 5.75 Å². The summed E-state index contributed by atoms with van der Waals surface area (Å²) in [7, 11) is 0. The number of nitrogens with zero attached hydrogens (tertiary/aromatic N) is 2. The molecule has 174 valence electrons. The first-order chi connectivity index (χ1) is 15.2. The molecule has 1 aliphatic heterocycles. The standard InChI is InChI=1S/C24H33FN4O3/c1-24(2,3)15-9-12-29(13-10-15)21-18(27-23(31)17-8-11-26-28-17)14-20(22(21)30)32-19-7-5-4-6-16(19)25/h4-8,11,15,18,20-22,30H,9-10,12-14H2,1-3H3,(H,26,28)(H,27,31)/t18-,20-,21+,22+/m1/s1. The number of hydrogen-bond donors (Lipinski definition) is 3. The number of hydrogen-bond acceptors (Lipinski definition) is 5. The molecule has 2 aliphatic rings. The van der Waals surface area contributed by atoms with E-state index < -0.39 is 18.0 Å². The number of rotatable bonds is 5. The maximum absolute atomic E-state index is 14.2. The minimum absolute atomic E-state index is 0.113. The van der Waals surface area contributed by atoms with E-state index >= 15 is 0 Å². The van der Waals surface area contributed by atoms with Crippen molar-refractivity contribution in [3.8, 4) is 5.75 Å². The number of piperidine rings is 1. The van der Waals surface area contributed by atoms with Crippen molar-refractivity contribution in [2.45, 2.75) is 64.3 Å². The molecule has 2 fully saturated rings. The Hall–Kier alpha value is -2.45. The number of ether oxygens (including phenoxy) is 1. The predicted octanol–water partition coefficient (Wildman–Crippen LogP) is 2.99. The number of aromatic amines is 1. The van der Waals surface area contributed by atoms with Crippen LogP contribution >= 0.6 is 0 Å². The number of halogens is 1. The van der Waals surface area contributed by atoms with Crippen LogP contribution in [0.3, 0.4) is 0 Å². The Labute approximate surface area is 188 Å². The van der Waals surface area contributed by atoms with Gasteiger partial charge in [0.2, 0.25) is 0 Å². The summed E-state index contributed by atoms with van der Waals surface area (Å²) in [6, 6.07) is 7.17. The maximum atomic E-state index is 14.2. The number of aliphatic hydroxyl groups is 1. The van der Waals surface area contributed by atoms with Gasteiger partial charge in [-0.05, 0) is 55.5 Å². The number of carbonyl (C=O) groups excluding carboxylic acids is 1. The number of amides is 1. The number of carbonyl (C=O) groups is 1. The van der Waals surface area contributed by atoms with Crippen molar-refractivity contribution in [3.05, 3.63) is 48.0 Å². The van der Waals surface area contributed by atoms with E-state index in [0.717, 1.165) is 25.9 Å². The topological polar surface area (TPSA) is 90.5 Å². The van der Waals surface area contributed by atoms with Gasteiger partial charge in [-0.15, -0.1) is 0 Å². The van der Waals surface area contributed by atoms with E-state index in [0.29, 0.717) is 18.0 Å². The van der Waals surface area contributed by atoms with Crippen LogP contribution < -0.4 is 10.1 Å². The molecule has 4 rings (SSSR count). The van der Waals surface area contributed by atoms with Crippen LogP contribution in [-0.2, 0) is 0 Å². The molecule has 1 aromatic carbocycles. The minimum atomic E-state index is -0.854. The quantitative estimate of drug-likeness (QED) is 0.660. The van der Waals surface area contributed by atoms with Gasteiger partial charge >= 0.3 is 0 Å². The second kappa shape index (κ2) is 9.19. The van der Waals surface area contributed by atoms with Gasteiger partial charge in [0.05, 0.1) is 12.1 Å². The third-order valence-corrected chi connectivity index (χ3v) is 6.98. The van der Waals surface area contributed by atoms with Gasteiger partial charge in [0.15, 0.2) is 11.6 Å². The summed E-state index contributed by atoms with van der Waals surface area (Å²) in [5.41, 5.74) is 0.605. The highest BCUT2D eigenvalue weighted by molar-refractivity contribution is 5.92. The summed E-state index contributed by atoms with van der Waals surface area (Å²) in [6.45, 7) is 8.48. The lowest BCUT2D eigenvalue weighted by Crippen LogP contribution is -2.56. The molecule has 0 unspecified atom stereocenters. The van der Waals surface area contributed by atoms with Crippen molar-refractivity contribution in [3.63, 3.8) is 0 Å². The fourth-order valence-corrected chi connectivity index (χ4v) is 5.12. The normalized spacial score (nSPS) is 27.4. The first kappa shape index (κ1) is 22.7. The molecule has 8 heteroatoms. The minimum Gasteiger partial charge on any atom is -0.485 e. The summed E-state index contributed by atoms with van der Waals surface area (Å²) >= 11 is 0. The summed E-state index contributed by atoms with van der Waals surface area (Å²) in [6.07, 6.45) is 2.51. The van der Waals surface area contributed by atoms with Crippen molar-refractivity contribution in [2.75, 3.05) is 13.1 Å². The van der Waals surface area contributed by atoms with Crippen molar-refractivity contribution >= 4 is 5.91 Å².